The number of nitrogens with zero attached hydrogens (tertiary/aromatic N) is 4. The number of morpholine rings is 1. The van der Waals surface area contributed by atoms with Crippen LogP contribution in [0.2, 0.25) is 0 Å². The van der Waals surface area contributed by atoms with Crippen molar-refractivity contribution in [2.24, 2.45) is 0 Å². The molecule has 1 saturated heterocycles. The van der Waals surface area contributed by atoms with Crippen LogP contribution in [-0.2, 0) is 16.0 Å². The van der Waals surface area contributed by atoms with E-state index in [-0.39, 0.29) is 17.5 Å². The second kappa shape index (κ2) is 6.45. The van der Waals surface area contributed by atoms with Crippen molar-refractivity contribution >= 4 is 11.8 Å². The summed E-state index contributed by atoms with van der Waals surface area (Å²) in [6.45, 7) is 4.37. The highest BCUT2D eigenvalue weighted by Gasteiger charge is 2.33. The highest BCUT2D eigenvalue weighted by atomic mass is 16.5. The van der Waals surface area contributed by atoms with E-state index < -0.39 is 0 Å². The lowest BCUT2D eigenvalue weighted by atomic mass is 10.2. The van der Waals surface area contributed by atoms with Crippen molar-refractivity contribution in [2.75, 3.05) is 53.1 Å². The molecule has 0 saturated carbocycles. The summed E-state index contributed by atoms with van der Waals surface area (Å²) < 4.78 is 12.0. The predicted octanol–water partition coefficient (Wildman–Crippen LogP) is -0.542. The van der Waals surface area contributed by atoms with Crippen LogP contribution in [0.1, 0.15) is 21.0 Å². The number of hydrogen-bond acceptors (Lipinski definition) is 5. The molecule has 22 heavy (non-hydrogen) atoms. The highest BCUT2D eigenvalue weighted by Crippen LogP contribution is 2.18. The summed E-state index contributed by atoms with van der Waals surface area (Å²) in [6.07, 6.45) is 1.58. The van der Waals surface area contributed by atoms with Crippen molar-refractivity contribution in [3.8, 4) is 0 Å². The Balaban J connectivity index is 1.82. The largest absolute Gasteiger partial charge is 0.383 e. The zero-order valence-electron chi connectivity index (χ0n) is 12.7. The van der Waals surface area contributed by atoms with Gasteiger partial charge in [0.05, 0.1) is 26.1 Å². The molecule has 2 aliphatic heterocycles. The molecule has 0 bridgehead atoms. The standard InChI is InChI=1S/C14H20N4O4/c1-21-7-4-16-2-3-18-10-15-11(12(18)14(16)20)13(19)17-5-8-22-9-6-17/h10H,2-9H2,1H3. The number of carbonyl (C=O) groups excluding carboxylic acids is 2. The van der Waals surface area contributed by atoms with Crippen LogP contribution in [0.4, 0.5) is 0 Å². The quantitative estimate of drug-likeness (QED) is 0.746. The van der Waals surface area contributed by atoms with Gasteiger partial charge in [-0.1, -0.05) is 0 Å². The zero-order chi connectivity index (χ0) is 15.5. The predicted molar refractivity (Wildman–Crippen MR) is 76.7 cm³/mol. The fraction of sp³-hybridized carbons (Fsp3) is 0.643. The lowest BCUT2D eigenvalue weighted by molar-refractivity contribution is 0.0296. The van der Waals surface area contributed by atoms with Crippen molar-refractivity contribution in [1.82, 2.24) is 19.4 Å². The van der Waals surface area contributed by atoms with Crippen molar-refractivity contribution < 1.29 is 19.1 Å². The van der Waals surface area contributed by atoms with E-state index in [0.717, 1.165) is 0 Å². The normalized spacial score (nSPS) is 18.5. The smallest absolute Gasteiger partial charge is 0.275 e. The number of aromatic nitrogens is 2. The Hall–Kier alpha value is -1.93. The maximum atomic E-state index is 12.6. The molecule has 120 valence electrons. The van der Waals surface area contributed by atoms with Gasteiger partial charge in [-0.15, -0.1) is 0 Å². The summed E-state index contributed by atoms with van der Waals surface area (Å²) in [5.74, 6) is -0.351. The van der Waals surface area contributed by atoms with Gasteiger partial charge in [-0.2, -0.15) is 0 Å². The van der Waals surface area contributed by atoms with Gasteiger partial charge in [0.2, 0.25) is 0 Å². The molecule has 0 N–H and O–H groups in total. The molecule has 8 heteroatoms. The van der Waals surface area contributed by atoms with Crippen molar-refractivity contribution in [2.45, 2.75) is 6.54 Å². The Kier molecular flexibility index (Phi) is 4.39. The SMILES string of the molecule is COCCN1CCn2cnc(C(=O)N3CCOCC3)c2C1=O. The molecule has 0 atom stereocenters. The Bertz CT molecular complexity index is 565. The molecule has 1 aromatic rings. The van der Waals surface area contributed by atoms with Gasteiger partial charge < -0.3 is 23.8 Å². The number of hydrogen-bond donors (Lipinski definition) is 0. The maximum absolute atomic E-state index is 12.6. The van der Waals surface area contributed by atoms with Gasteiger partial charge in [0.15, 0.2) is 5.69 Å². The number of carbonyl (C=O) groups is 2. The van der Waals surface area contributed by atoms with Gasteiger partial charge in [-0.05, 0) is 0 Å². The molecule has 0 aliphatic carbocycles. The van der Waals surface area contributed by atoms with Crippen molar-refractivity contribution in [1.29, 1.82) is 0 Å². The lowest BCUT2D eigenvalue weighted by Gasteiger charge is -2.29. The first-order valence-corrected chi connectivity index (χ1v) is 7.42. The minimum Gasteiger partial charge on any atom is -0.383 e. The fourth-order valence-electron chi connectivity index (χ4n) is 2.74. The molecular formula is C14H20N4O4. The Morgan fingerprint density at radius 3 is 2.82 bits per heavy atom. The number of methoxy groups -OCH3 is 1. The summed E-state index contributed by atoms with van der Waals surface area (Å²) in [7, 11) is 1.60. The Morgan fingerprint density at radius 1 is 1.32 bits per heavy atom. The van der Waals surface area contributed by atoms with E-state index in [2.05, 4.69) is 4.98 Å². The van der Waals surface area contributed by atoms with Crippen molar-refractivity contribution in [3.05, 3.63) is 17.7 Å². The highest BCUT2D eigenvalue weighted by molar-refractivity contribution is 6.05. The zero-order valence-corrected chi connectivity index (χ0v) is 12.7. The van der Waals surface area contributed by atoms with Crippen LogP contribution in [0.3, 0.4) is 0 Å². The summed E-state index contributed by atoms with van der Waals surface area (Å²) in [5, 5.41) is 0. The third kappa shape index (κ3) is 2.71. The lowest BCUT2D eigenvalue weighted by Crippen LogP contribution is -2.44. The summed E-state index contributed by atoms with van der Waals surface area (Å²) in [6, 6.07) is 0. The number of rotatable bonds is 4. The summed E-state index contributed by atoms with van der Waals surface area (Å²) in [5.41, 5.74) is 0.632. The summed E-state index contributed by atoms with van der Waals surface area (Å²) >= 11 is 0. The molecular weight excluding hydrogens is 288 g/mol. The second-order valence-corrected chi connectivity index (χ2v) is 5.32. The monoisotopic (exact) mass is 308 g/mol. The molecule has 3 rings (SSSR count). The topological polar surface area (TPSA) is 76.9 Å². The molecule has 2 amide bonds. The van der Waals surface area contributed by atoms with Crippen LogP contribution in [0.5, 0.6) is 0 Å². The Morgan fingerprint density at radius 2 is 2.09 bits per heavy atom. The van der Waals surface area contributed by atoms with E-state index in [9.17, 15) is 9.59 Å². The van der Waals surface area contributed by atoms with Gasteiger partial charge in [0.25, 0.3) is 11.8 Å². The van der Waals surface area contributed by atoms with E-state index >= 15 is 0 Å². The third-order valence-corrected chi connectivity index (χ3v) is 4.00. The average Bonchev–Trinajstić information content (AvgIpc) is 2.99. The van der Waals surface area contributed by atoms with Gasteiger partial charge in [-0.3, -0.25) is 9.59 Å². The van der Waals surface area contributed by atoms with Crippen LogP contribution in [0.15, 0.2) is 6.33 Å². The van der Waals surface area contributed by atoms with Gasteiger partial charge in [0.1, 0.15) is 5.69 Å². The van der Waals surface area contributed by atoms with E-state index in [4.69, 9.17) is 9.47 Å². The number of fused-ring (bicyclic) bond motifs is 1. The van der Waals surface area contributed by atoms with Crippen LogP contribution in [-0.4, -0.2) is 84.3 Å². The van der Waals surface area contributed by atoms with Crippen LogP contribution >= 0.6 is 0 Å². The van der Waals surface area contributed by atoms with E-state index in [1.54, 1.807) is 27.8 Å². The summed E-state index contributed by atoms with van der Waals surface area (Å²) in [4.78, 5) is 32.8. The fourth-order valence-corrected chi connectivity index (χ4v) is 2.74. The first-order chi connectivity index (χ1) is 10.7. The second-order valence-electron chi connectivity index (χ2n) is 5.32. The van der Waals surface area contributed by atoms with Gasteiger partial charge in [-0.25, -0.2) is 4.98 Å². The molecule has 2 aliphatic rings. The van der Waals surface area contributed by atoms with Crippen LogP contribution < -0.4 is 0 Å². The average molecular weight is 308 g/mol. The minimum absolute atomic E-state index is 0.155. The first kappa shape index (κ1) is 15.0. The van der Waals surface area contributed by atoms with E-state index in [0.29, 0.717) is 58.2 Å². The minimum atomic E-state index is -0.195. The van der Waals surface area contributed by atoms with Gasteiger partial charge >= 0.3 is 0 Å². The molecule has 0 radical (unpaired) electrons. The molecule has 0 aromatic carbocycles. The molecule has 0 spiro atoms. The molecule has 8 nitrogen and oxygen atoms in total. The van der Waals surface area contributed by atoms with Crippen LogP contribution in [0, 0.1) is 0 Å². The molecule has 0 unspecified atom stereocenters. The number of imidazole rings is 1. The number of amides is 2. The Labute approximate surface area is 128 Å². The van der Waals surface area contributed by atoms with E-state index in [1.807, 2.05) is 0 Å². The number of ether oxygens (including phenoxy) is 2. The molecule has 1 aromatic heterocycles. The van der Waals surface area contributed by atoms with E-state index in [1.165, 1.54) is 0 Å². The first-order valence-electron chi connectivity index (χ1n) is 7.42. The third-order valence-electron chi connectivity index (χ3n) is 4.00. The van der Waals surface area contributed by atoms with Gasteiger partial charge in [0, 0.05) is 39.8 Å². The van der Waals surface area contributed by atoms with Crippen LogP contribution in [0.25, 0.3) is 0 Å². The molecule has 1 fully saturated rings. The maximum Gasteiger partial charge on any atom is 0.275 e. The molecule has 3 heterocycles. The van der Waals surface area contributed by atoms with Crippen molar-refractivity contribution in [3.63, 3.8) is 0 Å².